The largest absolute Gasteiger partial charge is 0.348 e. The highest BCUT2D eigenvalue weighted by molar-refractivity contribution is 5.82. The minimum absolute atomic E-state index is 0.149. The van der Waals surface area contributed by atoms with E-state index in [1.54, 1.807) is 7.05 Å². The summed E-state index contributed by atoms with van der Waals surface area (Å²) >= 11 is 0. The fourth-order valence-corrected chi connectivity index (χ4v) is 7.06. The van der Waals surface area contributed by atoms with E-state index >= 15 is 0 Å². The summed E-state index contributed by atoms with van der Waals surface area (Å²) in [7, 11) is 1.62. The quantitative estimate of drug-likeness (QED) is 0.530. The molecule has 0 radical (unpaired) electrons. The number of hydrogen-bond acceptors (Lipinski definition) is 5. The molecule has 1 aromatic heterocycles. The van der Waals surface area contributed by atoms with E-state index in [0.29, 0.717) is 24.0 Å². The zero-order chi connectivity index (χ0) is 27.0. The molecule has 3 aliphatic heterocycles. The zero-order valence-corrected chi connectivity index (χ0v) is 23.1. The Balaban J connectivity index is 1.25. The molecule has 1 aromatic carbocycles. The summed E-state index contributed by atoms with van der Waals surface area (Å²) in [5.41, 5.74) is 1.06. The van der Waals surface area contributed by atoms with E-state index in [1.165, 1.54) is 17.7 Å². The van der Waals surface area contributed by atoms with Crippen LogP contribution in [-0.4, -0.2) is 74.7 Å². The number of fused-ring (bicyclic) bond motifs is 2. The first-order valence-electron chi connectivity index (χ1n) is 14.2. The fourth-order valence-electron chi connectivity index (χ4n) is 7.06. The van der Waals surface area contributed by atoms with Crippen molar-refractivity contribution in [2.75, 3.05) is 20.1 Å². The van der Waals surface area contributed by atoms with E-state index in [9.17, 15) is 13.6 Å². The molecule has 2 aromatic rings. The second-order valence-corrected chi connectivity index (χ2v) is 12.0. The first-order valence-corrected chi connectivity index (χ1v) is 14.2. The van der Waals surface area contributed by atoms with Crippen molar-refractivity contribution in [3.63, 3.8) is 0 Å². The SMILES string of the molecule is Cc1nnc(C(C)C)n1C1C[C@H]2CC[C@@H](C1)N2CC[C@H](NC(=O)C1CCC(F)(F)CN1C)c1ccccc1. The summed E-state index contributed by atoms with van der Waals surface area (Å²) in [6.07, 6.45) is 5.31. The van der Waals surface area contributed by atoms with Crippen LogP contribution in [0.1, 0.15) is 94.0 Å². The second kappa shape index (κ2) is 11.0. The Hall–Kier alpha value is -2.39. The smallest absolute Gasteiger partial charge is 0.260 e. The maximum atomic E-state index is 13.8. The van der Waals surface area contributed by atoms with Gasteiger partial charge < -0.3 is 9.88 Å². The third-order valence-electron chi connectivity index (χ3n) is 8.93. The van der Waals surface area contributed by atoms with Crippen molar-refractivity contribution in [3.05, 3.63) is 47.5 Å². The lowest BCUT2D eigenvalue weighted by atomic mass is 9.94. The first-order chi connectivity index (χ1) is 18.1. The third kappa shape index (κ3) is 5.64. The van der Waals surface area contributed by atoms with Gasteiger partial charge in [-0.05, 0) is 58.1 Å². The number of benzene rings is 1. The Morgan fingerprint density at radius 3 is 2.39 bits per heavy atom. The molecule has 3 fully saturated rings. The van der Waals surface area contributed by atoms with Gasteiger partial charge in [0.15, 0.2) is 0 Å². The molecule has 38 heavy (non-hydrogen) atoms. The van der Waals surface area contributed by atoms with Gasteiger partial charge >= 0.3 is 0 Å². The molecule has 5 atom stereocenters. The predicted octanol–water partition coefficient (Wildman–Crippen LogP) is 4.85. The summed E-state index contributed by atoms with van der Waals surface area (Å²) in [4.78, 5) is 17.4. The Labute approximate surface area is 225 Å². The highest BCUT2D eigenvalue weighted by Gasteiger charge is 2.43. The van der Waals surface area contributed by atoms with Crippen LogP contribution >= 0.6 is 0 Å². The minimum atomic E-state index is -2.73. The number of likely N-dealkylation sites (N-methyl/N-ethyl adjacent to an activating group) is 1. The van der Waals surface area contributed by atoms with Crippen molar-refractivity contribution in [2.45, 2.75) is 108 Å². The van der Waals surface area contributed by atoms with Gasteiger partial charge in [-0.25, -0.2) is 8.78 Å². The molecule has 0 spiro atoms. The Morgan fingerprint density at radius 1 is 1.08 bits per heavy atom. The maximum absolute atomic E-state index is 13.8. The summed E-state index contributed by atoms with van der Waals surface area (Å²) in [5, 5.41) is 12.1. The number of carbonyl (C=O) groups is 1. The van der Waals surface area contributed by atoms with Crippen LogP contribution in [0.4, 0.5) is 8.78 Å². The van der Waals surface area contributed by atoms with Crippen LogP contribution < -0.4 is 5.32 Å². The third-order valence-corrected chi connectivity index (χ3v) is 8.93. The van der Waals surface area contributed by atoms with Crippen molar-refractivity contribution >= 4 is 5.91 Å². The lowest BCUT2D eigenvalue weighted by Gasteiger charge is -2.41. The number of likely N-dealkylation sites (tertiary alicyclic amines) is 1. The molecule has 2 unspecified atom stereocenters. The summed E-state index contributed by atoms with van der Waals surface area (Å²) in [6, 6.07) is 10.8. The lowest BCUT2D eigenvalue weighted by molar-refractivity contribution is -0.134. The molecule has 9 heteroatoms. The van der Waals surface area contributed by atoms with Gasteiger partial charge in [0.05, 0.1) is 18.6 Å². The molecule has 0 aliphatic carbocycles. The highest BCUT2D eigenvalue weighted by atomic mass is 19.3. The normalized spacial score (nSPS) is 28.5. The van der Waals surface area contributed by atoms with Crippen molar-refractivity contribution in [1.82, 2.24) is 29.9 Å². The molecule has 3 aliphatic rings. The molecule has 5 rings (SSSR count). The molecule has 7 nitrogen and oxygen atoms in total. The van der Waals surface area contributed by atoms with E-state index < -0.39 is 12.0 Å². The number of amides is 1. The van der Waals surface area contributed by atoms with E-state index in [4.69, 9.17) is 0 Å². The van der Waals surface area contributed by atoms with Crippen LogP contribution in [0.25, 0.3) is 0 Å². The Morgan fingerprint density at radius 2 is 1.76 bits per heavy atom. The first kappa shape index (κ1) is 27.2. The van der Waals surface area contributed by atoms with Gasteiger partial charge in [-0.2, -0.15) is 0 Å². The van der Waals surface area contributed by atoms with Gasteiger partial charge in [0, 0.05) is 37.0 Å². The Bertz CT molecular complexity index is 1090. The predicted molar refractivity (Wildman–Crippen MR) is 143 cm³/mol. The number of carbonyl (C=O) groups excluding carboxylic acids is 1. The average molecular weight is 529 g/mol. The van der Waals surface area contributed by atoms with E-state index in [2.05, 4.69) is 45.8 Å². The number of hydrogen-bond donors (Lipinski definition) is 1. The standard InChI is InChI=1S/C29H42F2N6O/c1-19(2)27-34-33-20(3)37(27)24-16-22-10-11-23(17-24)36(22)15-13-25(21-8-6-5-7-9-21)32-28(38)26-12-14-29(30,31)18-35(26)4/h5-9,19,22-26H,10-18H2,1-4H3,(H,32,38)/t22-,23+,24?,25-,26?/m0/s1. The van der Waals surface area contributed by atoms with Crippen LogP contribution in [0.5, 0.6) is 0 Å². The summed E-state index contributed by atoms with van der Waals surface area (Å²) < 4.78 is 30.1. The molecule has 0 saturated carbocycles. The van der Waals surface area contributed by atoms with Gasteiger partial charge in [-0.3, -0.25) is 14.6 Å². The molecule has 1 N–H and O–H groups in total. The Kier molecular flexibility index (Phi) is 7.87. The zero-order valence-electron chi connectivity index (χ0n) is 23.1. The summed E-state index contributed by atoms with van der Waals surface area (Å²) in [6.45, 7) is 6.95. The number of halogens is 2. The number of rotatable bonds is 8. The van der Waals surface area contributed by atoms with Crippen LogP contribution in [0.3, 0.4) is 0 Å². The van der Waals surface area contributed by atoms with E-state index in [1.807, 2.05) is 30.3 Å². The van der Waals surface area contributed by atoms with Gasteiger partial charge in [-0.15, -0.1) is 10.2 Å². The fraction of sp³-hybridized carbons (Fsp3) is 0.690. The summed E-state index contributed by atoms with van der Waals surface area (Å²) in [5.74, 6) is -0.447. The monoisotopic (exact) mass is 528 g/mol. The van der Waals surface area contributed by atoms with Crippen LogP contribution in [0.2, 0.25) is 0 Å². The van der Waals surface area contributed by atoms with Gasteiger partial charge in [0.2, 0.25) is 5.91 Å². The van der Waals surface area contributed by atoms with Crippen molar-refractivity contribution in [1.29, 1.82) is 0 Å². The number of aryl methyl sites for hydroxylation is 1. The molecular weight excluding hydrogens is 486 g/mol. The van der Waals surface area contributed by atoms with Crippen molar-refractivity contribution in [2.24, 2.45) is 0 Å². The molecular formula is C29H42F2N6O. The van der Waals surface area contributed by atoms with Crippen LogP contribution in [0.15, 0.2) is 30.3 Å². The topological polar surface area (TPSA) is 66.3 Å². The van der Waals surface area contributed by atoms with Gasteiger partial charge in [0.1, 0.15) is 11.6 Å². The minimum Gasteiger partial charge on any atom is -0.348 e. The number of piperidine rings is 2. The maximum Gasteiger partial charge on any atom is 0.260 e. The second-order valence-electron chi connectivity index (χ2n) is 12.0. The van der Waals surface area contributed by atoms with E-state index in [0.717, 1.165) is 43.0 Å². The van der Waals surface area contributed by atoms with Crippen LogP contribution in [0, 0.1) is 6.92 Å². The lowest BCUT2D eigenvalue weighted by Crippen LogP contribution is -2.53. The van der Waals surface area contributed by atoms with Crippen molar-refractivity contribution < 1.29 is 13.6 Å². The molecule has 208 valence electrons. The number of nitrogens with zero attached hydrogens (tertiary/aromatic N) is 5. The molecule has 4 heterocycles. The van der Waals surface area contributed by atoms with Crippen LogP contribution in [-0.2, 0) is 4.79 Å². The number of aromatic nitrogens is 3. The average Bonchev–Trinajstić information content (AvgIpc) is 3.37. The van der Waals surface area contributed by atoms with Gasteiger partial charge in [0.25, 0.3) is 5.92 Å². The van der Waals surface area contributed by atoms with E-state index in [-0.39, 0.29) is 31.3 Å². The highest BCUT2D eigenvalue weighted by Crippen LogP contribution is 2.42. The molecule has 3 saturated heterocycles. The van der Waals surface area contributed by atoms with Crippen molar-refractivity contribution in [3.8, 4) is 0 Å². The number of nitrogens with one attached hydrogen (secondary N) is 1. The van der Waals surface area contributed by atoms with Gasteiger partial charge in [-0.1, -0.05) is 44.2 Å². The number of alkyl halides is 2. The molecule has 2 bridgehead atoms. The molecule has 1 amide bonds.